The van der Waals surface area contributed by atoms with Gasteiger partial charge in [-0.15, -0.1) is 0 Å². The molecule has 0 saturated heterocycles. The number of nitrogens with zero attached hydrogens (tertiary/aromatic N) is 1. The summed E-state index contributed by atoms with van der Waals surface area (Å²) in [6.45, 7) is 4.02. The Labute approximate surface area is 113 Å². The number of aromatic nitrogens is 1. The van der Waals surface area contributed by atoms with Gasteiger partial charge in [-0.05, 0) is 18.6 Å². The minimum atomic E-state index is -0.644. The lowest BCUT2D eigenvalue weighted by Gasteiger charge is -2.18. The number of aryl methyl sites for hydroxylation is 1. The molecule has 19 heavy (non-hydrogen) atoms. The van der Waals surface area contributed by atoms with Gasteiger partial charge in [-0.2, -0.15) is 0 Å². The van der Waals surface area contributed by atoms with Crippen LogP contribution in [0.2, 0.25) is 0 Å². The number of ether oxygens (including phenoxy) is 1. The van der Waals surface area contributed by atoms with Crippen molar-refractivity contribution in [3.63, 3.8) is 0 Å². The van der Waals surface area contributed by atoms with Crippen LogP contribution >= 0.6 is 0 Å². The zero-order chi connectivity index (χ0) is 14.2. The van der Waals surface area contributed by atoms with Crippen molar-refractivity contribution in [1.82, 2.24) is 4.57 Å². The van der Waals surface area contributed by atoms with Gasteiger partial charge in [-0.3, -0.25) is 4.79 Å². The van der Waals surface area contributed by atoms with Crippen molar-refractivity contribution in [2.45, 2.75) is 25.8 Å². The molecule has 0 bridgehead atoms. The normalized spacial score (nSPS) is 14.4. The molecule has 102 valence electrons. The van der Waals surface area contributed by atoms with Gasteiger partial charge in [0.05, 0.1) is 7.11 Å². The van der Waals surface area contributed by atoms with Crippen LogP contribution in [-0.2, 0) is 16.6 Å². The number of hydrogen-bond acceptors (Lipinski definition) is 3. The molecule has 0 saturated carbocycles. The van der Waals surface area contributed by atoms with E-state index in [0.717, 1.165) is 22.2 Å². The number of methoxy groups -OCH3 is 1. The quantitative estimate of drug-likeness (QED) is 0.860. The second kappa shape index (κ2) is 5.05. The van der Waals surface area contributed by atoms with Crippen LogP contribution in [-0.4, -0.2) is 23.7 Å². The Balaban J connectivity index is 2.56. The van der Waals surface area contributed by atoms with Crippen molar-refractivity contribution in [2.75, 3.05) is 7.11 Å². The van der Waals surface area contributed by atoms with Crippen molar-refractivity contribution in [3.8, 4) is 0 Å². The van der Waals surface area contributed by atoms with E-state index >= 15 is 0 Å². The summed E-state index contributed by atoms with van der Waals surface area (Å²) < 4.78 is 6.87. The first-order valence-electron chi connectivity index (χ1n) is 6.36. The van der Waals surface area contributed by atoms with Gasteiger partial charge in [-0.1, -0.05) is 25.1 Å². The van der Waals surface area contributed by atoms with Crippen molar-refractivity contribution >= 4 is 16.9 Å². The fourth-order valence-electron chi connectivity index (χ4n) is 2.64. The van der Waals surface area contributed by atoms with E-state index in [4.69, 9.17) is 10.5 Å². The first kappa shape index (κ1) is 13.6. The minimum absolute atomic E-state index is 0.0847. The van der Waals surface area contributed by atoms with E-state index < -0.39 is 6.04 Å². The monoisotopic (exact) mass is 260 g/mol. The molecule has 1 aromatic heterocycles. The van der Waals surface area contributed by atoms with E-state index in [1.807, 2.05) is 26.1 Å². The number of para-hydroxylation sites is 1. The maximum atomic E-state index is 11.6. The Morgan fingerprint density at radius 2 is 2.00 bits per heavy atom. The van der Waals surface area contributed by atoms with Crippen LogP contribution in [0.25, 0.3) is 10.9 Å². The highest BCUT2D eigenvalue weighted by Gasteiger charge is 2.27. The molecule has 0 amide bonds. The lowest BCUT2D eigenvalue weighted by molar-refractivity contribution is -0.142. The van der Waals surface area contributed by atoms with E-state index in [9.17, 15) is 4.79 Å². The van der Waals surface area contributed by atoms with Crippen LogP contribution in [0.15, 0.2) is 24.3 Å². The Kier molecular flexibility index (Phi) is 3.62. The van der Waals surface area contributed by atoms with Gasteiger partial charge >= 0.3 is 5.97 Å². The first-order chi connectivity index (χ1) is 8.99. The Bertz CT molecular complexity index is 616. The molecule has 4 nitrogen and oxygen atoms in total. The van der Waals surface area contributed by atoms with Gasteiger partial charge in [0.1, 0.15) is 6.04 Å². The molecular formula is C15H20N2O2. The third-order valence-electron chi connectivity index (χ3n) is 3.92. The Morgan fingerprint density at radius 1 is 1.37 bits per heavy atom. The summed E-state index contributed by atoms with van der Waals surface area (Å²) in [6, 6.07) is 7.51. The third-order valence-corrected chi connectivity index (χ3v) is 3.92. The predicted molar refractivity (Wildman–Crippen MR) is 76.1 cm³/mol. The number of benzene rings is 1. The lowest BCUT2D eigenvalue weighted by Crippen LogP contribution is -2.36. The van der Waals surface area contributed by atoms with Crippen molar-refractivity contribution < 1.29 is 9.53 Å². The highest BCUT2D eigenvalue weighted by molar-refractivity contribution is 5.87. The number of fused-ring (bicyclic) bond motifs is 1. The molecule has 2 aromatic rings. The molecule has 2 N–H and O–H groups in total. The molecule has 0 aliphatic rings. The van der Waals surface area contributed by atoms with Gasteiger partial charge in [0, 0.05) is 29.6 Å². The lowest BCUT2D eigenvalue weighted by atomic mass is 9.91. The van der Waals surface area contributed by atoms with Crippen LogP contribution in [0.3, 0.4) is 0 Å². The van der Waals surface area contributed by atoms with Gasteiger partial charge < -0.3 is 15.0 Å². The van der Waals surface area contributed by atoms with Gasteiger partial charge in [0.25, 0.3) is 0 Å². The van der Waals surface area contributed by atoms with Crippen LogP contribution in [0.1, 0.15) is 24.1 Å². The molecule has 0 unspecified atom stereocenters. The van der Waals surface area contributed by atoms with Crippen LogP contribution in [0.5, 0.6) is 0 Å². The topological polar surface area (TPSA) is 57.2 Å². The zero-order valence-corrected chi connectivity index (χ0v) is 11.8. The predicted octanol–water partition coefficient (Wildman–Crippen LogP) is 2.09. The summed E-state index contributed by atoms with van der Waals surface area (Å²) in [5.74, 6) is -0.460. The smallest absolute Gasteiger partial charge is 0.323 e. The molecule has 2 rings (SSSR count). The summed E-state index contributed by atoms with van der Waals surface area (Å²) in [7, 11) is 3.39. The summed E-state index contributed by atoms with van der Waals surface area (Å²) in [4.78, 5) is 11.6. The van der Waals surface area contributed by atoms with Gasteiger partial charge in [0.2, 0.25) is 0 Å². The first-order valence-corrected chi connectivity index (χ1v) is 6.36. The second-order valence-electron chi connectivity index (χ2n) is 4.91. The fourth-order valence-corrected chi connectivity index (χ4v) is 2.64. The average molecular weight is 260 g/mol. The summed E-state index contributed by atoms with van der Waals surface area (Å²) in [5, 5.41) is 1.15. The maximum absolute atomic E-state index is 11.6. The van der Waals surface area contributed by atoms with Crippen LogP contribution in [0, 0.1) is 6.92 Å². The standard InChI is InChI=1S/C15H20N2O2/c1-9(14(16)15(18)19-4)13-10(2)17(3)12-8-6-5-7-11(12)13/h5-9,14H,16H2,1-4H3/t9-,14-/m1/s1. The summed E-state index contributed by atoms with van der Waals surface area (Å²) >= 11 is 0. The minimum Gasteiger partial charge on any atom is -0.468 e. The molecule has 1 heterocycles. The molecule has 0 aliphatic heterocycles. The van der Waals surface area contributed by atoms with Crippen molar-refractivity contribution in [1.29, 1.82) is 0 Å². The van der Waals surface area contributed by atoms with Crippen LogP contribution < -0.4 is 5.73 Å². The highest BCUT2D eigenvalue weighted by atomic mass is 16.5. The number of esters is 1. The van der Waals surface area contributed by atoms with E-state index in [2.05, 4.69) is 23.6 Å². The SMILES string of the molecule is COC(=O)[C@H](N)[C@H](C)c1c(C)n(C)c2ccccc12. The number of hydrogen-bond donors (Lipinski definition) is 1. The molecule has 0 aliphatic carbocycles. The number of rotatable bonds is 3. The Hall–Kier alpha value is -1.81. The van der Waals surface area contributed by atoms with E-state index in [-0.39, 0.29) is 11.9 Å². The molecule has 0 fully saturated rings. The van der Waals surface area contributed by atoms with E-state index in [0.29, 0.717) is 0 Å². The molecular weight excluding hydrogens is 240 g/mol. The molecule has 2 atom stereocenters. The second-order valence-corrected chi connectivity index (χ2v) is 4.91. The maximum Gasteiger partial charge on any atom is 0.323 e. The summed E-state index contributed by atoms with van der Waals surface area (Å²) in [5.41, 5.74) is 9.39. The van der Waals surface area contributed by atoms with E-state index in [1.54, 1.807) is 0 Å². The van der Waals surface area contributed by atoms with Crippen LogP contribution in [0.4, 0.5) is 0 Å². The van der Waals surface area contributed by atoms with Crippen molar-refractivity contribution in [3.05, 3.63) is 35.5 Å². The fraction of sp³-hybridized carbons (Fsp3) is 0.400. The molecule has 0 radical (unpaired) electrons. The number of carbonyl (C=O) groups excluding carboxylic acids is 1. The van der Waals surface area contributed by atoms with Crippen molar-refractivity contribution in [2.24, 2.45) is 12.8 Å². The zero-order valence-electron chi connectivity index (χ0n) is 11.8. The Morgan fingerprint density at radius 3 is 2.63 bits per heavy atom. The molecule has 4 heteroatoms. The highest BCUT2D eigenvalue weighted by Crippen LogP contribution is 2.32. The largest absolute Gasteiger partial charge is 0.468 e. The van der Waals surface area contributed by atoms with Gasteiger partial charge in [0.15, 0.2) is 0 Å². The third kappa shape index (κ3) is 2.12. The molecule has 1 aromatic carbocycles. The summed E-state index contributed by atoms with van der Waals surface area (Å²) in [6.07, 6.45) is 0. The van der Waals surface area contributed by atoms with Gasteiger partial charge in [-0.25, -0.2) is 0 Å². The number of carbonyl (C=O) groups is 1. The average Bonchev–Trinajstić information content (AvgIpc) is 2.69. The number of nitrogens with two attached hydrogens (primary N) is 1. The van der Waals surface area contributed by atoms with E-state index in [1.165, 1.54) is 7.11 Å². The molecule has 0 spiro atoms.